The van der Waals surface area contributed by atoms with Crippen LogP contribution in [0.5, 0.6) is 5.75 Å². The van der Waals surface area contributed by atoms with Gasteiger partial charge in [-0.15, -0.1) is 0 Å². The van der Waals surface area contributed by atoms with E-state index < -0.39 is 0 Å². The third-order valence-corrected chi connectivity index (χ3v) is 3.88. The molecular formula is C16H28N2O. The highest BCUT2D eigenvalue weighted by atomic mass is 16.5. The zero-order valence-electron chi connectivity index (χ0n) is 13.2. The van der Waals surface area contributed by atoms with E-state index in [0.717, 1.165) is 25.3 Å². The molecule has 19 heavy (non-hydrogen) atoms. The number of rotatable bonds is 7. The van der Waals surface area contributed by atoms with Gasteiger partial charge in [0.25, 0.3) is 0 Å². The minimum absolute atomic E-state index is 0.144. The topological polar surface area (TPSA) is 33.3 Å². The first-order chi connectivity index (χ1) is 8.91. The summed E-state index contributed by atoms with van der Waals surface area (Å²) in [4.78, 5) is 0. The van der Waals surface area contributed by atoms with Crippen molar-refractivity contribution >= 4 is 0 Å². The molecule has 0 saturated carbocycles. The van der Waals surface area contributed by atoms with Gasteiger partial charge in [-0.3, -0.25) is 0 Å². The Bertz CT molecular complexity index is 413. The highest BCUT2D eigenvalue weighted by Gasteiger charge is 2.13. The highest BCUT2D eigenvalue weighted by molar-refractivity contribution is 5.43. The normalized spacial score (nSPS) is 11.7. The van der Waals surface area contributed by atoms with Gasteiger partial charge in [0.05, 0.1) is 7.11 Å². The molecule has 0 aliphatic heterocycles. The van der Waals surface area contributed by atoms with Gasteiger partial charge in [-0.1, -0.05) is 6.07 Å². The number of hydrogen-bond donors (Lipinski definition) is 2. The Morgan fingerprint density at radius 3 is 2.42 bits per heavy atom. The molecule has 3 nitrogen and oxygen atoms in total. The molecule has 1 rings (SSSR count). The quantitative estimate of drug-likeness (QED) is 0.742. The first-order valence-corrected chi connectivity index (χ1v) is 6.94. The van der Waals surface area contributed by atoms with E-state index in [1.165, 1.54) is 16.7 Å². The second kappa shape index (κ2) is 6.92. The van der Waals surface area contributed by atoms with Crippen molar-refractivity contribution in [2.45, 2.75) is 39.7 Å². The van der Waals surface area contributed by atoms with Gasteiger partial charge in [0.1, 0.15) is 5.75 Å². The molecule has 0 atom stereocenters. The highest BCUT2D eigenvalue weighted by Crippen LogP contribution is 2.23. The fourth-order valence-corrected chi connectivity index (χ4v) is 2.06. The third kappa shape index (κ3) is 4.51. The van der Waals surface area contributed by atoms with Gasteiger partial charge >= 0.3 is 0 Å². The van der Waals surface area contributed by atoms with Crippen LogP contribution in [0.2, 0.25) is 0 Å². The van der Waals surface area contributed by atoms with Crippen LogP contribution in [0, 0.1) is 13.8 Å². The molecule has 0 fully saturated rings. The molecule has 0 saturated heterocycles. The fraction of sp³-hybridized carbons (Fsp3) is 0.625. The maximum absolute atomic E-state index is 5.34. The van der Waals surface area contributed by atoms with E-state index in [2.05, 4.69) is 50.5 Å². The van der Waals surface area contributed by atoms with Crippen LogP contribution >= 0.6 is 0 Å². The minimum Gasteiger partial charge on any atom is -0.496 e. The van der Waals surface area contributed by atoms with E-state index in [1.807, 2.05) is 7.05 Å². The van der Waals surface area contributed by atoms with E-state index in [4.69, 9.17) is 4.74 Å². The second-order valence-corrected chi connectivity index (χ2v) is 5.74. The monoisotopic (exact) mass is 264 g/mol. The number of hydrogen-bond acceptors (Lipinski definition) is 3. The van der Waals surface area contributed by atoms with Gasteiger partial charge in [0.15, 0.2) is 0 Å². The number of benzene rings is 1. The molecule has 0 amide bonds. The summed E-state index contributed by atoms with van der Waals surface area (Å²) in [6.07, 6.45) is 1.05. The van der Waals surface area contributed by atoms with E-state index in [9.17, 15) is 0 Å². The van der Waals surface area contributed by atoms with Crippen LogP contribution in [0.15, 0.2) is 12.1 Å². The third-order valence-electron chi connectivity index (χ3n) is 3.88. The second-order valence-electron chi connectivity index (χ2n) is 5.74. The van der Waals surface area contributed by atoms with Crippen molar-refractivity contribution in [3.05, 3.63) is 28.8 Å². The summed E-state index contributed by atoms with van der Waals surface area (Å²) in [5.41, 5.74) is 4.13. The molecule has 0 aliphatic carbocycles. The van der Waals surface area contributed by atoms with Crippen LogP contribution in [-0.2, 0) is 6.42 Å². The predicted molar refractivity (Wildman–Crippen MR) is 82.2 cm³/mol. The van der Waals surface area contributed by atoms with Crippen LogP contribution in [-0.4, -0.2) is 32.8 Å². The number of nitrogens with one attached hydrogen (secondary N) is 2. The Kier molecular flexibility index (Phi) is 5.83. The van der Waals surface area contributed by atoms with Crippen molar-refractivity contribution in [2.75, 3.05) is 27.2 Å². The molecule has 0 unspecified atom stereocenters. The fourth-order valence-electron chi connectivity index (χ4n) is 2.06. The summed E-state index contributed by atoms with van der Waals surface area (Å²) in [5.74, 6) is 0.977. The standard InChI is InChI=1S/C16H28N2O/c1-12-13(2)15(19-6)8-7-14(12)9-10-18-11-16(3,4)17-5/h7-8,17-18H,9-11H2,1-6H3. The van der Waals surface area contributed by atoms with Gasteiger partial charge < -0.3 is 15.4 Å². The molecule has 0 spiro atoms. The lowest BCUT2D eigenvalue weighted by molar-refractivity contribution is 0.395. The summed E-state index contributed by atoms with van der Waals surface area (Å²) in [6.45, 7) is 10.7. The summed E-state index contributed by atoms with van der Waals surface area (Å²) < 4.78 is 5.34. The van der Waals surface area contributed by atoms with Crippen LogP contribution in [0.25, 0.3) is 0 Å². The molecule has 3 heteroatoms. The van der Waals surface area contributed by atoms with Gasteiger partial charge in [-0.05, 0) is 70.5 Å². The zero-order valence-corrected chi connectivity index (χ0v) is 13.2. The van der Waals surface area contributed by atoms with Gasteiger partial charge in [-0.2, -0.15) is 0 Å². The zero-order chi connectivity index (χ0) is 14.5. The Balaban J connectivity index is 2.53. The van der Waals surface area contributed by atoms with Gasteiger partial charge in [0, 0.05) is 12.1 Å². The van der Waals surface area contributed by atoms with Gasteiger partial charge in [-0.25, -0.2) is 0 Å². The maximum Gasteiger partial charge on any atom is 0.122 e. The number of methoxy groups -OCH3 is 1. The number of likely N-dealkylation sites (N-methyl/N-ethyl adjacent to an activating group) is 1. The average molecular weight is 264 g/mol. The lowest BCUT2D eigenvalue weighted by Crippen LogP contribution is -2.46. The van der Waals surface area contributed by atoms with Crippen LogP contribution in [0.4, 0.5) is 0 Å². The van der Waals surface area contributed by atoms with Crippen molar-refractivity contribution in [2.24, 2.45) is 0 Å². The summed E-state index contributed by atoms with van der Waals surface area (Å²) in [5, 5.41) is 6.80. The van der Waals surface area contributed by atoms with Crippen LogP contribution in [0.3, 0.4) is 0 Å². The summed E-state index contributed by atoms with van der Waals surface area (Å²) in [7, 11) is 3.72. The summed E-state index contributed by atoms with van der Waals surface area (Å²) >= 11 is 0. The lowest BCUT2D eigenvalue weighted by Gasteiger charge is -2.24. The lowest BCUT2D eigenvalue weighted by atomic mass is 10.00. The Hall–Kier alpha value is -1.06. The SMILES string of the molecule is CNC(C)(C)CNCCc1ccc(OC)c(C)c1C. The van der Waals surface area contributed by atoms with Crippen LogP contribution < -0.4 is 15.4 Å². The van der Waals surface area contributed by atoms with Crippen molar-refractivity contribution < 1.29 is 4.74 Å². The number of ether oxygens (including phenoxy) is 1. The minimum atomic E-state index is 0.144. The van der Waals surface area contributed by atoms with E-state index >= 15 is 0 Å². The predicted octanol–water partition coefficient (Wildman–Crippen LogP) is 2.44. The van der Waals surface area contributed by atoms with E-state index in [0.29, 0.717) is 0 Å². The molecule has 0 aromatic heterocycles. The molecule has 0 bridgehead atoms. The first-order valence-electron chi connectivity index (χ1n) is 6.94. The van der Waals surface area contributed by atoms with Crippen molar-refractivity contribution in [3.63, 3.8) is 0 Å². The van der Waals surface area contributed by atoms with Crippen molar-refractivity contribution in [1.29, 1.82) is 0 Å². The molecule has 0 radical (unpaired) electrons. The van der Waals surface area contributed by atoms with Crippen molar-refractivity contribution in [1.82, 2.24) is 10.6 Å². The van der Waals surface area contributed by atoms with Crippen molar-refractivity contribution in [3.8, 4) is 5.75 Å². The molecule has 1 aromatic rings. The van der Waals surface area contributed by atoms with Crippen LogP contribution in [0.1, 0.15) is 30.5 Å². The Morgan fingerprint density at radius 2 is 1.84 bits per heavy atom. The van der Waals surface area contributed by atoms with E-state index in [-0.39, 0.29) is 5.54 Å². The summed E-state index contributed by atoms with van der Waals surface area (Å²) in [6, 6.07) is 4.24. The molecule has 108 valence electrons. The molecule has 0 aliphatic rings. The molecule has 2 N–H and O–H groups in total. The van der Waals surface area contributed by atoms with E-state index in [1.54, 1.807) is 7.11 Å². The smallest absolute Gasteiger partial charge is 0.122 e. The van der Waals surface area contributed by atoms with Gasteiger partial charge in [0.2, 0.25) is 0 Å². The largest absolute Gasteiger partial charge is 0.496 e. The maximum atomic E-state index is 5.34. The molecule has 0 heterocycles. The average Bonchev–Trinajstić information content (AvgIpc) is 2.39. The molecule has 1 aromatic carbocycles. The Labute approximate surface area is 117 Å². The molecular weight excluding hydrogens is 236 g/mol. The first kappa shape index (κ1) is 16.0. The Morgan fingerprint density at radius 1 is 1.16 bits per heavy atom.